The lowest BCUT2D eigenvalue weighted by Crippen LogP contribution is -2.09. The highest BCUT2D eigenvalue weighted by molar-refractivity contribution is 6.42. The summed E-state index contributed by atoms with van der Waals surface area (Å²) < 4.78 is 0. The molecule has 1 unspecified atom stereocenters. The highest BCUT2D eigenvalue weighted by Crippen LogP contribution is 2.41. The number of rotatable bonds is 4. The van der Waals surface area contributed by atoms with Crippen LogP contribution in [0.2, 0.25) is 10.0 Å². The van der Waals surface area contributed by atoms with Crippen molar-refractivity contribution in [3.05, 3.63) is 69.8 Å². The molecule has 6 heteroatoms. The Morgan fingerprint density at radius 2 is 1.85 bits per heavy atom. The minimum absolute atomic E-state index is 0.0590. The first kappa shape index (κ1) is 19.3. The number of halogens is 2. The quantitative estimate of drug-likeness (QED) is 0.426. The third kappa shape index (κ3) is 3.82. The van der Waals surface area contributed by atoms with Crippen LogP contribution < -0.4 is 0 Å². The summed E-state index contributed by atoms with van der Waals surface area (Å²) >= 11 is 12.7. The molecule has 2 aromatic carbocycles. The van der Waals surface area contributed by atoms with Crippen LogP contribution in [0.15, 0.2) is 58.6 Å². The van der Waals surface area contributed by atoms with Gasteiger partial charge in [-0.25, -0.2) is 4.99 Å². The number of hydrogen-bond donors (Lipinski definition) is 1. The van der Waals surface area contributed by atoms with Crippen LogP contribution in [-0.2, 0) is 0 Å². The zero-order valence-electron chi connectivity index (χ0n) is 15.0. The van der Waals surface area contributed by atoms with E-state index in [2.05, 4.69) is 16.7 Å². The maximum Gasteiger partial charge on any atom is 0.147 e. The minimum atomic E-state index is -0.592. The Labute approximate surface area is 168 Å². The van der Waals surface area contributed by atoms with E-state index >= 15 is 0 Å². The number of aromatic nitrogens is 1. The van der Waals surface area contributed by atoms with E-state index in [1.54, 1.807) is 18.3 Å². The van der Waals surface area contributed by atoms with Gasteiger partial charge in [-0.3, -0.25) is 9.98 Å². The molecule has 0 saturated carbocycles. The molecule has 138 valence electrons. The summed E-state index contributed by atoms with van der Waals surface area (Å²) in [5.74, 6) is 0.685. The Kier molecular flexibility index (Phi) is 5.78. The average Bonchev–Trinajstić information content (AvgIpc) is 2.66. The Morgan fingerprint density at radius 1 is 1.07 bits per heavy atom. The van der Waals surface area contributed by atoms with Gasteiger partial charge in [0.2, 0.25) is 0 Å². The fourth-order valence-electron chi connectivity index (χ4n) is 2.91. The van der Waals surface area contributed by atoms with E-state index in [1.165, 1.54) is 0 Å². The van der Waals surface area contributed by atoms with Crippen molar-refractivity contribution in [1.29, 1.82) is 0 Å². The van der Waals surface area contributed by atoms with Crippen molar-refractivity contribution in [3.63, 3.8) is 0 Å². The molecule has 4 nitrogen and oxygen atoms in total. The zero-order chi connectivity index (χ0) is 19.6. The third-order valence-corrected chi connectivity index (χ3v) is 5.12. The molecule has 1 heterocycles. The van der Waals surface area contributed by atoms with Gasteiger partial charge in [-0.05, 0) is 18.9 Å². The van der Waals surface area contributed by atoms with Crippen LogP contribution in [0, 0.1) is 5.92 Å². The standard InChI is InChI=1S/C21H19Cl2N3O/c1-12(2)21(24-3)26-19(14-7-4-8-16(22)17(14)23)15-10-9-13-6-5-11-25-18(13)20(15)27/h4-12,19,27H,3H2,1-2H3. The topological polar surface area (TPSA) is 57.8 Å². The predicted molar refractivity (Wildman–Crippen MR) is 114 cm³/mol. The monoisotopic (exact) mass is 399 g/mol. The summed E-state index contributed by atoms with van der Waals surface area (Å²) in [6.45, 7) is 7.58. The Bertz CT molecular complexity index is 1030. The van der Waals surface area contributed by atoms with E-state index in [1.807, 2.05) is 44.2 Å². The second-order valence-corrected chi connectivity index (χ2v) is 7.21. The normalized spacial score (nSPS) is 13.1. The van der Waals surface area contributed by atoms with E-state index in [-0.39, 0.29) is 11.7 Å². The number of aromatic hydroxyl groups is 1. The summed E-state index contributed by atoms with van der Waals surface area (Å²) in [7, 11) is 0. The van der Waals surface area contributed by atoms with Gasteiger partial charge in [0.05, 0.1) is 10.0 Å². The molecule has 0 spiro atoms. The summed E-state index contributed by atoms with van der Waals surface area (Å²) in [6.07, 6.45) is 1.64. The summed E-state index contributed by atoms with van der Waals surface area (Å²) in [6, 6.07) is 12.2. The van der Waals surface area contributed by atoms with E-state index < -0.39 is 6.04 Å². The molecule has 0 saturated heterocycles. The summed E-state index contributed by atoms with van der Waals surface area (Å²) in [5.41, 5.74) is 1.76. The number of benzene rings is 2. The Hall–Kier alpha value is -2.43. The van der Waals surface area contributed by atoms with E-state index in [4.69, 9.17) is 28.2 Å². The second-order valence-electron chi connectivity index (χ2n) is 6.42. The number of nitrogens with zero attached hydrogens (tertiary/aromatic N) is 3. The van der Waals surface area contributed by atoms with Crippen LogP contribution >= 0.6 is 23.2 Å². The molecule has 1 atom stereocenters. The molecule has 3 rings (SSSR count). The zero-order valence-corrected chi connectivity index (χ0v) is 16.5. The van der Waals surface area contributed by atoms with Crippen molar-refractivity contribution in [2.45, 2.75) is 19.9 Å². The van der Waals surface area contributed by atoms with Crippen molar-refractivity contribution in [1.82, 2.24) is 4.98 Å². The van der Waals surface area contributed by atoms with Crippen molar-refractivity contribution in [3.8, 4) is 5.75 Å². The second kappa shape index (κ2) is 8.07. The smallest absolute Gasteiger partial charge is 0.147 e. The lowest BCUT2D eigenvalue weighted by Gasteiger charge is -2.19. The molecule has 0 radical (unpaired) electrons. The van der Waals surface area contributed by atoms with Crippen LogP contribution in [0.3, 0.4) is 0 Å². The number of phenols is 1. The molecule has 0 aliphatic rings. The van der Waals surface area contributed by atoms with Gasteiger partial charge in [-0.15, -0.1) is 0 Å². The number of fused-ring (bicyclic) bond motifs is 1. The molecule has 3 aromatic rings. The molecule has 0 aliphatic heterocycles. The molecule has 0 amide bonds. The Balaban J connectivity index is 2.29. The van der Waals surface area contributed by atoms with Gasteiger partial charge in [-0.1, -0.05) is 67.4 Å². The van der Waals surface area contributed by atoms with Gasteiger partial charge in [-0.2, -0.15) is 0 Å². The molecule has 0 aliphatic carbocycles. The summed E-state index contributed by atoms with van der Waals surface area (Å²) in [4.78, 5) is 13.1. The molecule has 1 N–H and O–H groups in total. The van der Waals surface area contributed by atoms with Gasteiger partial charge < -0.3 is 5.11 Å². The molecule has 27 heavy (non-hydrogen) atoms. The fourth-order valence-corrected chi connectivity index (χ4v) is 3.32. The van der Waals surface area contributed by atoms with Crippen LogP contribution in [0.25, 0.3) is 10.9 Å². The van der Waals surface area contributed by atoms with Crippen molar-refractivity contribution < 1.29 is 5.11 Å². The SMILES string of the molecule is C=NC(=NC(c1cccc(Cl)c1Cl)c1ccc2cccnc2c1O)C(C)C. The highest BCUT2D eigenvalue weighted by Gasteiger charge is 2.23. The largest absolute Gasteiger partial charge is 0.505 e. The predicted octanol–water partition coefficient (Wildman–Crippen LogP) is 6.09. The van der Waals surface area contributed by atoms with Gasteiger partial charge in [0.25, 0.3) is 0 Å². The van der Waals surface area contributed by atoms with Crippen LogP contribution in [0.1, 0.15) is 31.0 Å². The van der Waals surface area contributed by atoms with Crippen molar-refractivity contribution in [2.75, 3.05) is 0 Å². The number of aliphatic imine (C=N–C) groups is 2. The van der Waals surface area contributed by atoms with Crippen LogP contribution in [0.4, 0.5) is 0 Å². The molecule has 1 aromatic heterocycles. The maximum atomic E-state index is 10.9. The van der Waals surface area contributed by atoms with Gasteiger partial charge in [0.1, 0.15) is 23.1 Å². The van der Waals surface area contributed by atoms with Gasteiger partial charge in [0.15, 0.2) is 0 Å². The number of amidine groups is 1. The van der Waals surface area contributed by atoms with Crippen molar-refractivity contribution >= 4 is 46.7 Å². The van der Waals surface area contributed by atoms with Gasteiger partial charge >= 0.3 is 0 Å². The molecule has 0 bridgehead atoms. The van der Waals surface area contributed by atoms with E-state index in [0.29, 0.717) is 32.5 Å². The number of phenolic OH excluding ortho intramolecular Hbond substituents is 1. The maximum absolute atomic E-state index is 10.9. The van der Waals surface area contributed by atoms with Gasteiger partial charge in [0, 0.05) is 28.6 Å². The number of pyridine rings is 1. The van der Waals surface area contributed by atoms with Crippen LogP contribution in [-0.4, -0.2) is 22.6 Å². The third-order valence-electron chi connectivity index (χ3n) is 4.29. The number of hydrogen-bond acceptors (Lipinski definition) is 3. The highest BCUT2D eigenvalue weighted by atomic mass is 35.5. The molecular weight excluding hydrogens is 381 g/mol. The average molecular weight is 400 g/mol. The van der Waals surface area contributed by atoms with Crippen LogP contribution in [0.5, 0.6) is 5.75 Å². The fraction of sp³-hybridized carbons (Fsp3) is 0.190. The molecule has 0 fully saturated rings. The van der Waals surface area contributed by atoms with E-state index in [9.17, 15) is 5.11 Å². The molecular formula is C21H19Cl2N3O. The van der Waals surface area contributed by atoms with E-state index in [0.717, 1.165) is 5.39 Å². The summed E-state index contributed by atoms with van der Waals surface area (Å²) in [5, 5.41) is 12.6. The first-order valence-electron chi connectivity index (χ1n) is 8.49. The van der Waals surface area contributed by atoms with Crippen molar-refractivity contribution in [2.24, 2.45) is 15.9 Å². The first-order valence-corrected chi connectivity index (χ1v) is 9.24. The minimum Gasteiger partial charge on any atom is -0.505 e. The lowest BCUT2D eigenvalue weighted by molar-refractivity contribution is 0.470. The Morgan fingerprint density at radius 3 is 2.56 bits per heavy atom. The first-order chi connectivity index (χ1) is 12.9. The lowest BCUT2D eigenvalue weighted by atomic mass is 9.96.